The molecule has 0 aromatic carbocycles. The number of aromatic amines is 1. The monoisotopic (exact) mass is 168 g/mol. The van der Waals surface area contributed by atoms with Crippen molar-refractivity contribution in [3.05, 3.63) is 24.0 Å². The molecule has 0 unspecified atom stereocenters. The third-order valence-electron chi connectivity index (χ3n) is 1.07. The van der Waals surface area contributed by atoms with Gasteiger partial charge in [-0.1, -0.05) is 34.3 Å². The van der Waals surface area contributed by atoms with Crippen LogP contribution in [0.1, 0.15) is 39.0 Å². The molecule has 0 atom stereocenters. The molecule has 0 fully saturated rings. The van der Waals surface area contributed by atoms with Crippen LogP contribution in [0.2, 0.25) is 0 Å². The molecule has 0 bridgehead atoms. The van der Waals surface area contributed by atoms with E-state index < -0.39 is 0 Å². The van der Waals surface area contributed by atoms with Gasteiger partial charge < -0.3 is 0 Å². The van der Waals surface area contributed by atoms with Gasteiger partial charge in [-0.2, -0.15) is 5.10 Å². The summed E-state index contributed by atoms with van der Waals surface area (Å²) < 4.78 is 0. The first kappa shape index (κ1) is 13.5. The molecule has 0 radical (unpaired) electrons. The normalized spacial score (nSPS) is 7.08. The van der Waals surface area contributed by atoms with E-state index in [1.807, 2.05) is 34.6 Å². The van der Waals surface area contributed by atoms with Gasteiger partial charge in [-0.15, -0.1) is 0 Å². The average Bonchev–Trinajstić information content (AvgIpc) is 2.58. The number of aryl methyl sites for hydroxylation is 1. The topological polar surface area (TPSA) is 28.7 Å². The Morgan fingerprint density at radius 3 is 2.00 bits per heavy atom. The third kappa shape index (κ3) is 4.72. The van der Waals surface area contributed by atoms with Crippen LogP contribution in [0.15, 0.2) is 12.8 Å². The molecule has 1 heterocycles. The van der Waals surface area contributed by atoms with Gasteiger partial charge in [0.05, 0.1) is 11.9 Å². The van der Waals surface area contributed by atoms with Crippen molar-refractivity contribution in [1.82, 2.24) is 10.2 Å². The second-order valence-corrected chi connectivity index (χ2v) is 1.67. The van der Waals surface area contributed by atoms with Crippen molar-refractivity contribution in [2.24, 2.45) is 0 Å². The average molecular weight is 168 g/mol. The van der Waals surface area contributed by atoms with E-state index in [0.717, 1.165) is 11.3 Å². The van der Waals surface area contributed by atoms with Gasteiger partial charge in [0.1, 0.15) is 0 Å². The van der Waals surface area contributed by atoms with Gasteiger partial charge in [-0.3, -0.25) is 5.10 Å². The lowest BCUT2D eigenvalue weighted by atomic mass is 10.3. The van der Waals surface area contributed by atoms with E-state index in [9.17, 15) is 0 Å². The zero-order chi connectivity index (χ0) is 9.98. The predicted molar refractivity (Wildman–Crippen MR) is 56.1 cm³/mol. The summed E-state index contributed by atoms with van der Waals surface area (Å²) in [7, 11) is 0. The summed E-state index contributed by atoms with van der Waals surface area (Å²) >= 11 is 0. The number of hydrogen-bond donors (Lipinski definition) is 1. The molecule has 2 heteroatoms. The van der Waals surface area contributed by atoms with Crippen molar-refractivity contribution in [1.29, 1.82) is 0 Å². The molecule has 0 saturated carbocycles. The highest BCUT2D eigenvalue weighted by Crippen LogP contribution is 2.01. The van der Waals surface area contributed by atoms with E-state index in [0.29, 0.717) is 0 Å². The first-order chi connectivity index (χ1) is 5.84. The lowest BCUT2D eigenvalue weighted by Crippen LogP contribution is -1.71. The van der Waals surface area contributed by atoms with Crippen LogP contribution in [0.25, 0.3) is 6.08 Å². The Morgan fingerprint density at radius 2 is 1.83 bits per heavy atom. The van der Waals surface area contributed by atoms with Crippen LogP contribution in [-0.4, -0.2) is 10.2 Å². The molecule has 1 aromatic rings. The van der Waals surface area contributed by atoms with Crippen LogP contribution in [0.4, 0.5) is 0 Å². The fraction of sp³-hybridized carbons (Fsp3) is 0.500. The molecule has 12 heavy (non-hydrogen) atoms. The second kappa shape index (κ2) is 9.95. The van der Waals surface area contributed by atoms with Gasteiger partial charge in [0.25, 0.3) is 0 Å². The molecular formula is C10H20N2. The van der Waals surface area contributed by atoms with Gasteiger partial charge in [-0.05, 0) is 18.6 Å². The Hall–Kier alpha value is -1.05. The first-order valence-electron chi connectivity index (χ1n) is 4.47. The minimum Gasteiger partial charge on any atom is -0.278 e. The van der Waals surface area contributed by atoms with Crippen molar-refractivity contribution in [3.8, 4) is 0 Å². The van der Waals surface area contributed by atoms with Crippen molar-refractivity contribution < 1.29 is 0 Å². The summed E-state index contributed by atoms with van der Waals surface area (Å²) in [5.74, 6) is 0. The van der Waals surface area contributed by atoms with E-state index in [1.165, 1.54) is 0 Å². The van der Waals surface area contributed by atoms with Crippen LogP contribution in [-0.2, 0) is 0 Å². The van der Waals surface area contributed by atoms with Crippen LogP contribution < -0.4 is 0 Å². The van der Waals surface area contributed by atoms with Gasteiger partial charge in [-0.25, -0.2) is 0 Å². The van der Waals surface area contributed by atoms with E-state index in [1.54, 1.807) is 12.3 Å². The minimum absolute atomic E-state index is 1.00. The number of aromatic nitrogens is 2. The summed E-state index contributed by atoms with van der Waals surface area (Å²) in [6, 6.07) is 0. The fourth-order valence-corrected chi connectivity index (χ4v) is 0.563. The lowest BCUT2D eigenvalue weighted by molar-refractivity contribution is 1.08. The van der Waals surface area contributed by atoms with E-state index in [2.05, 4.69) is 16.8 Å². The summed E-state index contributed by atoms with van der Waals surface area (Å²) in [5, 5.41) is 6.58. The lowest BCUT2D eigenvalue weighted by Gasteiger charge is -1.81. The Balaban J connectivity index is 0. The smallest absolute Gasteiger partial charge is 0.0601 e. The van der Waals surface area contributed by atoms with Crippen molar-refractivity contribution in [2.45, 2.75) is 34.6 Å². The Labute approximate surface area is 75.7 Å². The van der Waals surface area contributed by atoms with Crippen LogP contribution in [0, 0.1) is 6.92 Å². The summed E-state index contributed by atoms with van der Waals surface area (Å²) in [5.41, 5.74) is 2.14. The van der Waals surface area contributed by atoms with Crippen LogP contribution in [0.3, 0.4) is 0 Å². The second-order valence-electron chi connectivity index (χ2n) is 1.67. The summed E-state index contributed by atoms with van der Waals surface area (Å²) in [6.07, 6.45) is 3.53. The largest absolute Gasteiger partial charge is 0.278 e. The van der Waals surface area contributed by atoms with Crippen molar-refractivity contribution in [2.75, 3.05) is 0 Å². The standard InChI is InChI=1S/C6H8N2.2C2H6/c1-3-6-5(2)4-7-8-6;2*1-2/h3-4H,1H2,2H3,(H,7,8);2*1-2H3. The molecule has 0 aliphatic rings. The van der Waals surface area contributed by atoms with Crippen molar-refractivity contribution >= 4 is 6.08 Å². The molecule has 0 aliphatic heterocycles. The zero-order valence-electron chi connectivity index (χ0n) is 8.81. The first-order valence-corrected chi connectivity index (χ1v) is 4.47. The minimum atomic E-state index is 1.00. The molecular weight excluding hydrogens is 148 g/mol. The van der Waals surface area contributed by atoms with Gasteiger partial charge >= 0.3 is 0 Å². The van der Waals surface area contributed by atoms with E-state index >= 15 is 0 Å². The number of rotatable bonds is 1. The highest BCUT2D eigenvalue weighted by molar-refractivity contribution is 5.44. The highest BCUT2D eigenvalue weighted by atomic mass is 15.1. The summed E-state index contributed by atoms with van der Waals surface area (Å²) in [4.78, 5) is 0. The zero-order valence-corrected chi connectivity index (χ0v) is 8.81. The number of H-pyrrole nitrogens is 1. The SMILES string of the molecule is C=Cc1[nH]ncc1C.CC.CC. The highest BCUT2D eigenvalue weighted by Gasteiger charge is 1.90. The predicted octanol–water partition coefficient (Wildman–Crippen LogP) is 3.41. The van der Waals surface area contributed by atoms with Crippen LogP contribution >= 0.6 is 0 Å². The molecule has 0 aliphatic carbocycles. The Morgan fingerprint density at radius 1 is 1.33 bits per heavy atom. The fourth-order valence-electron chi connectivity index (χ4n) is 0.563. The molecule has 2 nitrogen and oxygen atoms in total. The molecule has 1 rings (SSSR count). The maximum absolute atomic E-state index is 3.80. The maximum atomic E-state index is 3.80. The van der Waals surface area contributed by atoms with Gasteiger partial charge in [0.2, 0.25) is 0 Å². The molecule has 0 amide bonds. The third-order valence-corrected chi connectivity index (χ3v) is 1.07. The van der Waals surface area contributed by atoms with Gasteiger partial charge in [0.15, 0.2) is 0 Å². The van der Waals surface area contributed by atoms with E-state index in [4.69, 9.17) is 0 Å². The number of hydrogen-bond acceptors (Lipinski definition) is 1. The van der Waals surface area contributed by atoms with Gasteiger partial charge in [0, 0.05) is 0 Å². The van der Waals surface area contributed by atoms with Crippen LogP contribution in [0.5, 0.6) is 0 Å². The summed E-state index contributed by atoms with van der Waals surface area (Å²) in [6.45, 7) is 13.6. The van der Waals surface area contributed by atoms with E-state index in [-0.39, 0.29) is 0 Å². The molecule has 0 saturated heterocycles. The Kier molecular flexibility index (Phi) is 11.2. The molecule has 1 aromatic heterocycles. The maximum Gasteiger partial charge on any atom is 0.0601 e. The number of nitrogens with one attached hydrogen (secondary N) is 1. The molecule has 1 N–H and O–H groups in total. The molecule has 70 valence electrons. The van der Waals surface area contributed by atoms with Crippen molar-refractivity contribution in [3.63, 3.8) is 0 Å². The molecule has 0 spiro atoms. The number of nitrogens with zero attached hydrogens (tertiary/aromatic N) is 1. The Bertz CT molecular complexity index is 189. The quantitative estimate of drug-likeness (QED) is 0.684.